The molecule has 3 aliphatic carbocycles. The Balaban J connectivity index is 1.64. The number of hydrogen-bond donors (Lipinski definition) is 3. The maximum absolute atomic E-state index is 13.6. The molecule has 0 fully saturated rings. The summed E-state index contributed by atoms with van der Waals surface area (Å²) in [6, 6.07) is 10.2. The summed E-state index contributed by atoms with van der Waals surface area (Å²) in [5.74, 6) is -4.72. The molecule has 0 radical (unpaired) electrons. The number of ketones is 4. The van der Waals surface area contributed by atoms with E-state index in [9.17, 15) is 34.5 Å². The topological polar surface area (TPSA) is 129 Å². The third-order valence-corrected chi connectivity index (χ3v) is 7.46. The van der Waals surface area contributed by atoms with E-state index in [-0.39, 0.29) is 46.2 Å². The molecule has 3 unspecified atom stereocenters. The second kappa shape index (κ2) is 8.05. The van der Waals surface area contributed by atoms with Crippen molar-refractivity contribution in [2.45, 2.75) is 33.1 Å². The Morgan fingerprint density at radius 1 is 0.943 bits per heavy atom. The Bertz CT molecular complexity index is 1410. The van der Waals surface area contributed by atoms with Crippen LogP contribution in [0.3, 0.4) is 0 Å². The van der Waals surface area contributed by atoms with Gasteiger partial charge in [0.1, 0.15) is 17.3 Å². The number of rotatable bonds is 3. The largest absolute Gasteiger partial charge is 0.511 e. The van der Waals surface area contributed by atoms with Crippen LogP contribution in [0, 0.1) is 17.8 Å². The summed E-state index contributed by atoms with van der Waals surface area (Å²) in [5.41, 5.74) is 2.40. The summed E-state index contributed by atoms with van der Waals surface area (Å²) < 4.78 is 0. The molecule has 0 bridgehead atoms. The Morgan fingerprint density at radius 2 is 1.69 bits per heavy atom. The lowest BCUT2D eigenvalue weighted by molar-refractivity contribution is -0.125. The summed E-state index contributed by atoms with van der Waals surface area (Å²) in [6.45, 7) is 2.66. The predicted octanol–water partition coefficient (Wildman–Crippen LogP) is 4.44. The van der Waals surface area contributed by atoms with Crippen molar-refractivity contribution in [1.82, 2.24) is 0 Å². The maximum atomic E-state index is 13.6. The van der Waals surface area contributed by atoms with E-state index < -0.39 is 35.1 Å². The first-order valence-corrected chi connectivity index (χ1v) is 11.5. The van der Waals surface area contributed by atoms with Gasteiger partial charge >= 0.3 is 0 Å². The number of hydrogen-bond acceptors (Lipinski definition) is 7. The average molecular weight is 472 g/mol. The molecule has 0 aromatic heterocycles. The lowest BCUT2D eigenvalue weighted by atomic mass is 9.62. The molecule has 5 rings (SSSR count). The minimum atomic E-state index is -1.07. The number of aromatic hydroxyl groups is 1. The number of Topliss-reactive ketones (excluding diaryl/α,β-unsaturated/α-hetero) is 4. The van der Waals surface area contributed by atoms with Gasteiger partial charge in [0.05, 0.1) is 17.1 Å². The van der Waals surface area contributed by atoms with Crippen molar-refractivity contribution < 1.29 is 34.5 Å². The number of allylic oxidation sites excluding steroid dienone is 4. The van der Waals surface area contributed by atoms with E-state index in [2.05, 4.69) is 0 Å². The highest BCUT2D eigenvalue weighted by atomic mass is 16.3. The predicted molar refractivity (Wildman–Crippen MR) is 126 cm³/mol. The zero-order chi connectivity index (χ0) is 25.2. The van der Waals surface area contributed by atoms with Gasteiger partial charge in [-0.3, -0.25) is 19.2 Å². The van der Waals surface area contributed by atoms with E-state index in [1.807, 2.05) is 6.07 Å². The van der Waals surface area contributed by atoms with Crippen molar-refractivity contribution in [3.8, 4) is 16.9 Å². The molecule has 7 heteroatoms. The summed E-state index contributed by atoms with van der Waals surface area (Å²) in [6.07, 6.45) is 0.752. The van der Waals surface area contributed by atoms with Gasteiger partial charge in [-0.2, -0.15) is 0 Å². The lowest BCUT2D eigenvalue weighted by Gasteiger charge is -2.41. The van der Waals surface area contributed by atoms with Crippen molar-refractivity contribution in [3.63, 3.8) is 0 Å². The van der Waals surface area contributed by atoms with Crippen LogP contribution in [0.5, 0.6) is 5.75 Å². The van der Waals surface area contributed by atoms with Gasteiger partial charge in [-0.25, -0.2) is 0 Å². The Morgan fingerprint density at radius 3 is 2.37 bits per heavy atom. The zero-order valence-electron chi connectivity index (χ0n) is 19.3. The van der Waals surface area contributed by atoms with Crippen LogP contribution in [0.25, 0.3) is 11.1 Å². The van der Waals surface area contributed by atoms with Gasteiger partial charge in [0.2, 0.25) is 0 Å². The molecule has 0 saturated carbocycles. The van der Waals surface area contributed by atoms with Crippen LogP contribution in [-0.2, 0) is 16.0 Å². The van der Waals surface area contributed by atoms with Gasteiger partial charge in [-0.05, 0) is 67.3 Å². The highest BCUT2D eigenvalue weighted by molar-refractivity contribution is 6.22. The first-order chi connectivity index (χ1) is 16.6. The van der Waals surface area contributed by atoms with Gasteiger partial charge in [0, 0.05) is 17.6 Å². The SMILES string of the molecule is CC(=O)C1=C(O)CC2CC3Cc4c(-c5cccc(C(C)=O)c5)ccc(O)c4C(=O)C3=C(O)C2C1=O. The van der Waals surface area contributed by atoms with E-state index in [0.29, 0.717) is 29.5 Å². The van der Waals surface area contributed by atoms with Crippen LogP contribution in [0.1, 0.15) is 53.0 Å². The molecule has 35 heavy (non-hydrogen) atoms. The van der Waals surface area contributed by atoms with Crippen molar-refractivity contribution >= 4 is 23.1 Å². The monoisotopic (exact) mass is 472 g/mol. The quantitative estimate of drug-likeness (QED) is 0.445. The van der Waals surface area contributed by atoms with Crippen molar-refractivity contribution in [1.29, 1.82) is 0 Å². The third-order valence-electron chi connectivity index (χ3n) is 7.46. The maximum Gasteiger partial charge on any atom is 0.196 e. The molecular weight excluding hydrogens is 448 g/mol. The number of fused-ring (bicyclic) bond motifs is 3. The summed E-state index contributed by atoms with van der Waals surface area (Å²) in [4.78, 5) is 50.5. The summed E-state index contributed by atoms with van der Waals surface area (Å²) in [7, 11) is 0. The fourth-order valence-corrected chi connectivity index (χ4v) is 5.93. The van der Waals surface area contributed by atoms with Crippen LogP contribution in [-0.4, -0.2) is 38.5 Å². The number of aliphatic hydroxyl groups excluding tert-OH is 2. The highest BCUT2D eigenvalue weighted by Gasteiger charge is 2.50. The van der Waals surface area contributed by atoms with Crippen LogP contribution in [0.2, 0.25) is 0 Å². The smallest absolute Gasteiger partial charge is 0.196 e. The van der Waals surface area contributed by atoms with E-state index in [1.165, 1.54) is 19.9 Å². The molecular formula is C28H24O7. The molecule has 3 N–H and O–H groups in total. The van der Waals surface area contributed by atoms with E-state index in [4.69, 9.17) is 0 Å². The molecule has 3 atom stereocenters. The number of phenolic OH excluding ortho intramolecular Hbond substituents is 1. The number of benzene rings is 2. The molecule has 3 aliphatic rings. The van der Waals surface area contributed by atoms with Crippen molar-refractivity contribution in [2.75, 3.05) is 0 Å². The molecule has 0 spiro atoms. The van der Waals surface area contributed by atoms with E-state index in [1.54, 1.807) is 24.3 Å². The molecule has 178 valence electrons. The number of phenols is 1. The Labute approximate surface area is 201 Å². The van der Waals surface area contributed by atoms with E-state index >= 15 is 0 Å². The van der Waals surface area contributed by atoms with Crippen LogP contribution in [0.15, 0.2) is 59.1 Å². The van der Waals surface area contributed by atoms with Gasteiger partial charge in [0.25, 0.3) is 0 Å². The first kappa shape index (κ1) is 22.8. The fraction of sp³-hybridized carbons (Fsp3) is 0.286. The highest BCUT2D eigenvalue weighted by Crippen LogP contribution is 2.50. The van der Waals surface area contributed by atoms with Crippen molar-refractivity contribution in [2.24, 2.45) is 17.8 Å². The third kappa shape index (κ3) is 3.41. The molecule has 7 nitrogen and oxygen atoms in total. The fourth-order valence-electron chi connectivity index (χ4n) is 5.93. The summed E-state index contributed by atoms with van der Waals surface area (Å²) >= 11 is 0. The normalized spacial score (nSPS) is 23.5. The van der Waals surface area contributed by atoms with Crippen molar-refractivity contribution in [3.05, 3.63) is 75.8 Å². The number of aliphatic hydroxyl groups is 2. The second-order valence-corrected chi connectivity index (χ2v) is 9.57. The van der Waals surface area contributed by atoms with Crippen LogP contribution >= 0.6 is 0 Å². The first-order valence-electron chi connectivity index (χ1n) is 11.5. The molecule has 0 saturated heterocycles. The second-order valence-electron chi connectivity index (χ2n) is 9.57. The molecule has 2 aromatic carbocycles. The minimum Gasteiger partial charge on any atom is -0.511 e. The summed E-state index contributed by atoms with van der Waals surface area (Å²) in [5, 5.41) is 32.1. The average Bonchev–Trinajstić information content (AvgIpc) is 2.78. The van der Waals surface area contributed by atoms with Gasteiger partial charge < -0.3 is 15.3 Å². The van der Waals surface area contributed by atoms with Crippen LogP contribution < -0.4 is 0 Å². The lowest BCUT2D eigenvalue weighted by Crippen LogP contribution is -2.42. The van der Waals surface area contributed by atoms with E-state index in [0.717, 1.165) is 5.56 Å². The standard InChI is InChI=1S/C28H24O7/c1-12(29)14-4-3-5-15(8-14)18-6-7-20(31)25-19(18)10-16-9-17-11-21(32)22(13(2)30)26(33)24(17)27(34)23(16)28(25)35/h3-8,16-17,24,31-32,34H,9-11H2,1-2H3. The van der Waals surface area contributed by atoms with Gasteiger partial charge in [-0.1, -0.05) is 24.3 Å². The Hall–Kier alpha value is -4.00. The minimum absolute atomic E-state index is 0.0633. The molecule has 0 amide bonds. The number of carbonyl (C=O) groups excluding carboxylic acids is 4. The Kier molecular flexibility index (Phi) is 5.24. The molecule has 0 aliphatic heterocycles. The molecule has 2 aromatic rings. The van der Waals surface area contributed by atoms with Gasteiger partial charge in [-0.15, -0.1) is 0 Å². The van der Waals surface area contributed by atoms with Crippen LogP contribution in [0.4, 0.5) is 0 Å². The van der Waals surface area contributed by atoms with Gasteiger partial charge in [0.15, 0.2) is 23.1 Å². The molecule has 0 heterocycles. The zero-order valence-corrected chi connectivity index (χ0v) is 19.3. The number of carbonyl (C=O) groups is 4.